The van der Waals surface area contributed by atoms with Crippen LogP contribution < -0.4 is 4.72 Å². The fraction of sp³-hybridized carbons (Fsp3) is 0.500. The van der Waals surface area contributed by atoms with Crippen LogP contribution in [-0.2, 0) is 10.0 Å². The van der Waals surface area contributed by atoms with Crippen LogP contribution in [0, 0.1) is 6.92 Å². The van der Waals surface area contributed by atoms with Crippen LogP contribution in [-0.4, -0.2) is 28.8 Å². The summed E-state index contributed by atoms with van der Waals surface area (Å²) in [5.41, 5.74) is 1.21. The Hall–Kier alpha value is -1.63. The van der Waals surface area contributed by atoms with Gasteiger partial charge in [-0.3, -0.25) is 4.72 Å². The van der Waals surface area contributed by atoms with Gasteiger partial charge in [0.2, 0.25) is 10.0 Å². The quantitative estimate of drug-likeness (QED) is 0.822. The van der Waals surface area contributed by atoms with E-state index in [1.807, 2.05) is 6.92 Å². The second-order valence-electron chi connectivity index (χ2n) is 4.51. The minimum Gasteiger partial charge on any atom is -0.282 e. The van der Waals surface area contributed by atoms with Gasteiger partial charge >= 0.3 is 0 Å². The predicted octanol–water partition coefficient (Wildman–Crippen LogP) is 1.97. The fourth-order valence-corrected chi connectivity index (χ4v) is 2.99. The first-order valence-corrected chi connectivity index (χ1v) is 7.99. The first kappa shape index (κ1) is 13.8. The SMILES string of the molecule is CCCCCS(=O)(=O)Nc1ccc2nc(C)nn2c1. The molecule has 0 atom stereocenters. The zero-order valence-electron chi connectivity index (χ0n) is 11.1. The first-order valence-electron chi connectivity index (χ1n) is 6.34. The maximum atomic E-state index is 11.9. The van der Waals surface area contributed by atoms with Crippen molar-refractivity contribution in [1.82, 2.24) is 14.6 Å². The smallest absolute Gasteiger partial charge is 0.232 e. The largest absolute Gasteiger partial charge is 0.282 e. The number of aromatic nitrogens is 3. The molecule has 0 saturated heterocycles. The summed E-state index contributed by atoms with van der Waals surface area (Å²) in [7, 11) is -3.28. The predicted molar refractivity (Wildman–Crippen MR) is 74.7 cm³/mol. The first-order chi connectivity index (χ1) is 9.00. The average molecular weight is 282 g/mol. The van der Waals surface area contributed by atoms with Crippen LogP contribution in [0.25, 0.3) is 5.65 Å². The lowest BCUT2D eigenvalue weighted by atomic mass is 10.3. The van der Waals surface area contributed by atoms with E-state index < -0.39 is 10.0 Å². The Bertz CT molecular complexity index is 663. The van der Waals surface area contributed by atoms with E-state index in [0.717, 1.165) is 12.8 Å². The summed E-state index contributed by atoms with van der Waals surface area (Å²) < 4.78 is 27.9. The normalized spacial score (nSPS) is 11.9. The number of fused-ring (bicyclic) bond motifs is 1. The van der Waals surface area contributed by atoms with Gasteiger partial charge in [-0.25, -0.2) is 17.9 Å². The molecule has 19 heavy (non-hydrogen) atoms. The van der Waals surface area contributed by atoms with E-state index in [1.165, 1.54) is 0 Å². The average Bonchev–Trinajstić information content (AvgIpc) is 2.68. The van der Waals surface area contributed by atoms with Gasteiger partial charge in [0.25, 0.3) is 0 Å². The van der Waals surface area contributed by atoms with Gasteiger partial charge in [0.05, 0.1) is 17.6 Å². The zero-order chi connectivity index (χ0) is 13.9. The fourth-order valence-electron chi connectivity index (χ4n) is 1.83. The second-order valence-corrected chi connectivity index (χ2v) is 6.35. The number of hydrogen-bond acceptors (Lipinski definition) is 4. The number of rotatable bonds is 6. The summed E-state index contributed by atoms with van der Waals surface area (Å²) in [6.45, 7) is 3.84. The van der Waals surface area contributed by atoms with E-state index in [-0.39, 0.29) is 5.75 Å². The Morgan fingerprint density at radius 1 is 1.32 bits per heavy atom. The molecule has 7 heteroatoms. The molecular formula is C12H18N4O2S. The van der Waals surface area contributed by atoms with Crippen molar-refractivity contribution in [2.45, 2.75) is 33.1 Å². The standard InChI is InChI=1S/C12H18N4O2S/c1-3-4-5-8-19(17,18)15-11-6-7-12-13-10(2)14-16(12)9-11/h6-7,9,15H,3-5,8H2,1-2H3. The summed E-state index contributed by atoms with van der Waals surface area (Å²) in [6, 6.07) is 3.44. The van der Waals surface area contributed by atoms with Gasteiger partial charge in [-0.2, -0.15) is 5.10 Å². The molecule has 0 fully saturated rings. The van der Waals surface area contributed by atoms with Crippen molar-refractivity contribution in [3.05, 3.63) is 24.2 Å². The topological polar surface area (TPSA) is 76.4 Å². The molecule has 0 aliphatic carbocycles. The number of sulfonamides is 1. The molecular weight excluding hydrogens is 264 g/mol. The maximum Gasteiger partial charge on any atom is 0.232 e. The number of unbranched alkanes of at least 4 members (excludes halogenated alkanes) is 2. The third-order valence-electron chi connectivity index (χ3n) is 2.73. The molecule has 2 heterocycles. The second kappa shape index (κ2) is 5.56. The zero-order valence-corrected chi connectivity index (χ0v) is 11.9. The van der Waals surface area contributed by atoms with Crippen LogP contribution in [0.4, 0.5) is 5.69 Å². The number of pyridine rings is 1. The number of anilines is 1. The van der Waals surface area contributed by atoms with Gasteiger partial charge in [0.1, 0.15) is 5.82 Å². The van der Waals surface area contributed by atoms with Crippen molar-refractivity contribution in [3.8, 4) is 0 Å². The van der Waals surface area contributed by atoms with Crippen LogP contribution in [0.1, 0.15) is 32.0 Å². The van der Waals surface area contributed by atoms with Crippen molar-refractivity contribution in [2.75, 3.05) is 10.5 Å². The van der Waals surface area contributed by atoms with E-state index in [4.69, 9.17) is 0 Å². The van der Waals surface area contributed by atoms with Gasteiger partial charge in [-0.1, -0.05) is 19.8 Å². The van der Waals surface area contributed by atoms with E-state index in [9.17, 15) is 8.42 Å². The van der Waals surface area contributed by atoms with Crippen molar-refractivity contribution < 1.29 is 8.42 Å². The molecule has 0 spiro atoms. The van der Waals surface area contributed by atoms with Gasteiger partial charge in [0, 0.05) is 0 Å². The Morgan fingerprint density at radius 2 is 2.11 bits per heavy atom. The van der Waals surface area contributed by atoms with E-state index >= 15 is 0 Å². The van der Waals surface area contributed by atoms with Crippen LogP contribution in [0.5, 0.6) is 0 Å². The van der Waals surface area contributed by atoms with Crippen LogP contribution in [0.2, 0.25) is 0 Å². The molecule has 0 aromatic carbocycles. The third-order valence-corrected chi connectivity index (χ3v) is 4.10. The molecule has 2 aromatic heterocycles. The molecule has 6 nitrogen and oxygen atoms in total. The molecule has 0 aliphatic rings. The molecule has 0 unspecified atom stereocenters. The highest BCUT2D eigenvalue weighted by Gasteiger charge is 2.10. The third kappa shape index (κ3) is 3.66. The summed E-state index contributed by atoms with van der Waals surface area (Å²) >= 11 is 0. The highest BCUT2D eigenvalue weighted by Crippen LogP contribution is 2.12. The van der Waals surface area contributed by atoms with Gasteiger partial charge < -0.3 is 0 Å². The summed E-state index contributed by atoms with van der Waals surface area (Å²) in [5, 5.41) is 4.15. The Morgan fingerprint density at radius 3 is 2.84 bits per heavy atom. The van der Waals surface area contributed by atoms with Crippen LogP contribution in [0.15, 0.2) is 18.3 Å². The molecule has 0 saturated carbocycles. The van der Waals surface area contributed by atoms with Crippen molar-refractivity contribution in [3.63, 3.8) is 0 Å². The Kier molecular flexibility index (Phi) is 4.04. The molecule has 104 valence electrons. The highest BCUT2D eigenvalue weighted by molar-refractivity contribution is 7.92. The van der Waals surface area contributed by atoms with Gasteiger partial charge in [-0.15, -0.1) is 0 Å². The lowest BCUT2D eigenvalue weighted by Crippen LogP contribution is -2.17. The van der Waals surface area contributed by atoms with E-state index in [0.29, 0.717) is 23.6 Å². The summed E-state index contributed by atoms with van der Waals surface area (Å²) in [5.74, 6) is 0.804. The Labute approximate surface area is 112 Å². The number of hydrogen-bond donors (Lipinski definition) is 1. The van der Waals surface area contributed by atoms with Crippen LogP contribution in [0.3, 0.4) is 0 Å². The highest BCUT2D eigenvalue weighted by atomic mass is 32.2. The molecule has 2 aromatic rings. The van der Waals surface area contributed by atoms with Gasteiger partial charge in [-0.05, 0) is 25.5 Å². The van der Waals surface area contributed by atoms with Crippen molar-refractivity contribution in [2.24, 2.45) is 0 Å². The van der Waals surface area contributed by atoms with Crippen molar-refractivity contribution >= 4 is 21.4 Å². The molecule has 1 N–H and O–H groups in total. The monoisotopic (exact) mass is 282 g/mol. The minimum absolute atomic E-state index is 0.148. The lowest BCUT2D eigenvalue weighted by Gasteiger charge is -2.07. The maximum absolute atomic E-state index is 11.9. The molecule has 0 aliphatic heterocycles. The summed E-state index contributed by atoms with van der Waals surface area (Å²) in [4.78, 5) is 4.19. The van der Waals surface area contributed by atoms with E-state index in [1.54, 1.807) is 29.8 Å². The minimum atomic E-state index is -3.28. The lowest BCUT2D eigenvalue weighted by molar-refractivity contribution is 0.596. The molecule has 2 rings (SSSR count). The van der Waals surface area contributed by atoms with Crippen molar-refractivity contribution in [1.29, 1.82) is 0 Å². The van der Waals surface area contributed by atoms with Gasteiger partial charge in [0.15, 0.2) is 5.65 Å². The number of nitrogens with one attached hydrogen (secondary N) is 1. The molecule has 0 bridgehead atoms. The van der Waals surface area contributed by atoms with E-state index in [2.05, 4.69) is 14.8 Å². The molecule has 0 radical (unpaired) electrons. The number of aryl methyl sites for hydroxylation is 1. The number of nitrogens with zero attached hydrogens (tertiary/aromatic N) is 3. The summed E-state index contributed by atoms with van der Waals surface area (Å²) in [6.07, 6.45) is 4.23. The van der Waals surface area contributed by atoms with Crippen LogP contribution >= 0.6 is 0 Å². The Balaban J connectivity index is 2.11. The molecule has 0 amide bonds.